The number of carbonyl (C=O) groups excluding carboxylic acids is 3. The number of fused-ring (bicyclic) bond motifs is 1. The zero-order valence-corrected chi connectivity index (χ0v) is 14.6. The fourth-order valence-corrected chi connectivity index (χ4v) is 2.97. The van der Waals surface area contributed by atoms with Gasteiger partial charge in [0.25, 0.3) is 0 Å². The number of hydrogen-bond donors (Lipinski definition) is 2. The molecule has 2 aromatic rings. The van der Waals surface area contributed by atoms with Gasteiger partial charge in [-0.05, 0) is 30.2 Å². The molecule has 0 bridgehead atoms. The van der Waals surface area contributed by atoms with E-state index in [0.29, 0.717) is 11.4 Å². The van der Waals surface area contributed by atoms with E-state index < -0.39 is 0 Å². The molecule has 134 valence electrons. The van der Waals surface area contributed by atoms with Crippen molar-refractivity contribution in [3.8, 4) is 0 Å². The standard InChI is InChI=1S/C20H21N3O3/c1-2-14-7-3-4-8-15(14)21-18(24)11-12-20(26)23-13-19(25)22-16-9-5-6-10-17(16)23/h3-10H,2,11-13H2,1H3,(H,21,24)(H,22,25). The fourth-order valence-electron chi connectivity index (χ4n) is 2.97. The van der Waals surface area contributed by atoms with E-state index in [1.165, 1.54) is 4.90 Å². The summed E-state index contributed by atoms with van der Waals surface area (Å²) in [6, 6.07) is 14.7. The third-order valence-corrected chi connectivity index (χ3v) is 4.31. The number of nitrogens with zero attached hydrogens (tertiary/aromatic N) is 1. The predicted molar refractivity (Wildman–Crippen MR) is 101 cm³/mol. The van der Waals surface area contributed by atoms with Crippen molar-refractivity contribution in [1.82, 2.24) is 0 Å². The summed E-state index contributed by atoms with van der Waals surface area (Å²) in [5.41, 5.74) is 3.09. The molecule has 0 radical (unpaired) electrons. The number of rotatable bonds is 5. The molecule has 6 heteroatoms. The van der Waals surface area contributed by atoms with Crippen LogP contribution in [0.15, 0.2) is 48.5 Å². The molecule has 0 aliphatic carbocycles. The molecule has 26 heavy (non-hydrogen) atoms. The smallest absolute Gasteiger partial charge is 0.244 e. The summed E-state index contributed by atoms with van der Waals surface area (Å²) in [7, 11) is 0. The summed E-state index contributed by atoms with van der Waals surface area (Å²) in [5, 5.41) is 5.60. The molecule has 0 aromatic heterocycles. The molecule has 0 saturated carbocycles. The van der Waals surface area contributed by atoms with Crippen LogP contribution in [0.2, 0.25) is 0 Å². The zero-order chi connectivity index (χ0) is 18.5. The van der Waals surface area contributed by atoms with E-state index in [1.807, 2.05) is 37.3 Å². The summed E-state index contributed by atoms with van der Waals surface area (Å²) in [5.74, 6) is -0.696. The minimum Gasteiger partial charge on any atom is -0.326 e. The Balaban J connectivity index is 1.62. The van der Waals surface area contributed by atoms with Gasteiger partial charge in [0.15, 0.2) is 0 Å². The monoisotopic (exact) mass is 351 g/mol. The molecule has 2 aromatic carbocycles. The van der Waals surface area contributed by atoms with Crippen molar-refractivity contribution < 1.29 is 14.4 Å². The Morgan fingerprint density at radius 2 is 1.81 bits per heavy atom. The van der Waals surface area contributed by atoms with Crippen molar-refractivity contribution in [3.63, 3.8) is 0 Å². The van der Waals surface area contributed by atoms with Crippen LogP contribution >= 0.6 is 0 Å². The Hall–Kier alpha value is -3.15. The third kappa shape index (κ3) is 3.91. The van der Waals surface area contributed by atoms with Crippen molar-refractivity contribution in [1.29, 1.82) is 0 Å². The number of anilines is 3. The van der Waals surface area contributed by atoms with Crippen LogP contribution in [0.1, 0.15) is 25.3 Å². The summed E-state index contributed by atoms with van der Waals surface area (Å²) in [4.78, 5) is 38.0. The molecule has 1 aliphatic rings. The Kier molecular flexibility index (Phi) is 5.31. The summed E-state index contributed by atoms with van der Waals surface area (Å²) >= 11 is 0. The van der Waals surface area contributed by atoms with E-state index in [2.05, 4.69) is 10.6 Å². The van der Waals surface area contributed by atoms with E-state index in [0.717, 1.165) is 17.7 Å². The third-order valence-electron chi connectivity index (χ3n) is 4.31. The van der Waals surface area contributed by atoms with Gasteiger partial charge in [0.2, 0.25) is 17.7 Å². The SMILES string of the molecule is CCc1ccccc1NC(=O)CCC(=O)N1CC(=O)Nc2ccccc21. The van der Waals surface area contributed by atoms with Crippen molar-refractivity contribution in [2.24, 2.45) is 0 Å². The highest BCUT2D eigenvalue weighted by Crippen LogP contribution is 2.29. The van der Waals surface area contributed by atoms with Crippen molar-refractivity contribution in [2.45, 2.75) is 26.2 Å². The fraction of sp³-hybridized carbons (Fsp3) is 0.250. The average molecular weight is 351 g/mol. The Morgan fingerprint density at radius 1 is 1.08 bits per heavy atom. The second-order valence-corrected chi connectivity index (χ2v) is 6.10. The van der Waals surface area contributed by atoms with Gasteiger partial charge >= 0.3 is 0 Å². The second kappa shape index (κ2) is 7.82. The van der Waals surface area contributed by atoms with Crippen LogP contribution in [0.3, 0.4) is 0 Å². The molecule has 3 rings (SSSR count). The maximum absolute atomic E-state index is 12.6. The van der Waals surface area contributed by atoms with Crippen LogP contribution in [0.25, 0.3) is 0 Å². The maximum Gasteiger partial charge on any atom is 0.244 e. The van der Waals surface area contributed by atoms with Crippen LogP contribution in [-0.4, -0.2) is 24.3 Å². The Labute approximate surface area is 152 Å². The van der Waals surface area contributed by atoms with Gasteiger partial charge in [-0.1, -0.05) is 37.3 Å². The molecule has 0 fully saturated rings. The lowest BCUT2D eigenvalue weighted by Gasteiger charge is -2.29. The second-order valence-electron chi connectivity index (χ2n) is 6.10. The molecule has 0 atom stereocenters. The quantitative estimate of drug-likeness (QED) is 0.869. The molecule has 1 heterocycles. The molecule has 1 aliphatic heterocycles. The summed E-state index contributed by atoms with van der Waals surface area (Å²) < 4.78 is 0. The van der Waals surface area contributed by atoms with E-state index in [-0.39, 0.29) is 37.1 Å². The first-order valence-corrected chi connectivity index (χ1v) is 8.65. The van der Waals surface area contributed by atoms with Crippen LogP contribution in [0, 0.1) is 0 Å². The van der Waals surface area contributed by atoms with Crippen molar-refractivity contribution >= 4 is 34.8 Å². The molecule has 0 spiro atoms. The summed E-state index contributed by atoms with van der Waals surface area (Å²) in [6.45, 7) is 1.99. The number of amides is 3. The minimum atomic E-state index is -0.244. The molecular weight excluding hydrogens is 330 g/mol. The highest BCUT2D eigenvalue weighted by Gasteiger charge is 2.26. The topological polar surface area (TPSA) is 78.5 Å². The first-order valence-electron chi connectivity index (χ1n) is 8.65. The molecule has 6 nitrogen and oxygen atoms in total. The molecule has 2 N–H and O–H groups in total. The molecule has 0 saturated heterocycles. The number of benzene rings is 2. The molecular formula is C20H21N3O3. The number of hydrogen-bond acceptors (Lipinski definition) is 3. The van der Waals surface area contributed by atoms with Gasteiger partial charge in [0, 0.05) is 18.5 Å². The predicted octanol–water partition coefficient (Wildman–Crippen LogP) is 2.95. The van der Waals surface area contributed by atoms with Crippen molar-refractivity contribution in [2.75, 3.05) is 22.1 Å². The van der Waals surface area contributed by atoms with E-state index in [4.69, 9.17) is 0 Å². The normalized spacial score (nSPS) is 13.0. The van der Waals surface area contributed by atoms with E-state index in [1.54, 1.807) is 18.2 Å². The number of para-hydroxylation sites is 3. The van der Waals surface area contributed by atoms with Crippen LogP contribution in [0.5, 0.6) is 0 Å². The van der Waals surface area contributed by atoms with Crippen LogP contribution in [0.4, 0.5) is 17.1 Å². The summed E-state index contributed by atoms with van der Waals surface area (Å²) in [6.07, 6.45) is 0.925. The molecule has 3 amide bonds. The zero-order valence-electron chi connectivity index (χ0n) is 14.6. The highest BCUT2D eigenvalue weighted by molar-refractivity contribution is 6.10. The van der Waals surface area contributed by atoms with Gasteiger partial charge in [-0.15, -0.1) is 0 Å². The first-order chi connectivity index (χ1) is 12.6. The Morgan fingerprint density at radius 3 is 2.62 bits per heavy atom. The van der Waals surface area contributed by atoms with E-state index >= 15 is 0 Å². The minimum absolute atomic E-state index is 0.0316. The van der Waals surface area contributed by atoms with Gasteiger partial charge in [-0.25, -0.2) is 0 Å². The number of nitrogens with one attached hydrogen (secondary N) is 2. The first kappa shape index (κ1) is 17.7. The Bertz CT molecular complexity index is 848. The largest absolute Gasteiger partial charge is 0.326 e. The maximum atomic E-state index is 12.6. The van der Waals surface area contributed by atoms with E-state index in [9.17, 15) is 14.4 Å². The van der Waals surface area contributed by atoms with Gasteiger partial charge in [-0.3, -0.25) is 14.4 Å². The highest BCUT2D eigenvalue weighted by atomic mass is 16.2. The van der Waals surface area contributed by atoms with Gasteiger partial charge < -0.3 is 15.5 Å². The lowest BCUT2D eigenvalue weighted by atomic mass is 10.1. The van der Waals surface area contributed by atoms with Crippen molar-refractivity contribution in [3.05, 3.63) is 54.1 Å². The average Bonchev–Trinajstić information content (AvgIpc) is 2.65. The van der Waals surface area contributed by atoms with Gasteiger partial charge in [0.05, 0.1) is 11.4 Å². The number of carbonyl (C=O) groups is 3. The van der Waals surface area contributed by atoms with Crippen LogP contribution in [-0.2, 0) is 20.8 Å². The van der Waals surface area contributed by atoms with Crippen LogP contribution < -0.4 is 15.5 Å². The van der Waals surface area contributed by atoms with Gasteiger partial charge in [-0.2, -0.15) is 0 Å². The van der Waals surface area contributed by atoms with Gasteiger partial charge in [0.1, 0.15) is 6.54 Å². The lowest BCUT2D eigenvalue weighted by Crippen LogP contribution is -2.42. The molecule has 0 unspecified atom stereocenters. The lowest BCUT2D eigenvalue weighted by molar-refractivity contribution is -0.124. The number of aryl methyl sites for hydroxylation is 1.